The van der Waals surface area contributed by atoms with Crippen molar-refractivity contribution in [1.29, 1.82) is 0 Å². The maximum Gasteiger partial charge on any atom is 0.263 e. The number of nitrogens with zero attached hydrogens (tertiary/aromatic N) is 1. The molecule has 3 rings (SSSR count). The van der Waals surface area contributed by atoms with Crippen molar-refractivity contribution in [3.05, 3.63) is 57.3 Å². The second-order valence-corrected chi connectivity index (χ2v) is 8.11. The fourth-order valence-electron chi connectivity index (χ4n) is 3.57. The first-order chi connectivity index (χ1) is 12.5. The summed E-state index contributed by atoms with van der Waals surface area (Å²) in [5, 5.41) is 5.06. The highest BCUT2D eigenvalue weighted by Crippen LogP contribution is 2.23. The van der Waals surface area contributed by atoms with Crippen molar-refractivity contribution in [2.45, 2.75) is 39.7 Å². The Hall–Kier alpha value is -2.14. The number of amides is 2. The molecule has 2 aromatic rings. The van der Waals surface area contributed by atoms with Crippen LogP contribution in [0.4, 0.5) is 0 Å². The summed E-state index contributed by atoms with van der Waals surface area (Å²) in [6.45, 7) is 7.39. The van der Waals surface area contributed by atoms with Crippen LogP contribution in [0, 0.1) is 19.8 Å². The molecule has 1 aromatic heterocycles. The van der Waals surface area contributed by atoms with E-state index in [1.807, 2.05) is 29.3 Å². The van der Waals surface area contributed by atoms with E-state index in [1.54, 1.807) is 0 Å². The van der Waals surface area contributed by atoms with E-state index in [-0.39, 0.29) is 23.8 Å². The van der Waals surface area contributed by atoms with Crippen LogP contribution in [-0.4, -0.2) is 29.8 Å². The van der Waals surface area contributed by atoms with Crippen molar-refractivity contribution in [3.8, 4) is 0 Å². The predicted octanol–water partition coefficient (Wildman–Crippen LogP) is 4.09. The predicted molar refractivity (Wildman–Crippen MR) is 105 cm³/mol. The van der Waals surface area contributed by atoms with Gasteiger partial charge < -0.3 is 10.2 Å². The first kappa shape index (κ1) is 18.6. The third-order valence-corrected chi connectivity index (χ3v) is 5.93. The summed E-state index contributed by atoms with van der Waals surface area (Å²) >= 11 is 1.45. The zero-order valence-electron chi connectivity index (χ0n) is 15.6. The molecule has 0 radical (unpaired) electrons. The molecule has 2 heterocycles. The van der Waals surface area contributed by atoms with Crippen LogP contribution < -0.4 is 5.32 Å². The lowest BCUT2D eigenvalue weighted by atomic mass is 9.95. The Morgan fingerprint density at radius 1 is 1.27 bits per heavy atom. The van der Waals surface area contributed by atoms with Gasteiger partial charge in [0.05, 0.1) is 16.8 Å². The number of hydrogen-bond acceptors (Lipinski definition) is 3. The normalized spacial score (nSPS) is 18.4. The Morgan fingerprint density at radius 3 is 2.81 bits per heavy atom. The van der Waals surface area contributed by atoms with Crippen LogP contribution in [0.15, 0.2) is 35.7 Å². The summed E-state index contributed by atoms with van der Waals surface area (Å²) < 4.78 is 0. The molecule has 1 aliphatic heterocycles. The molecule has 1 N–H and O–H groups in total. The molecule has 4 nitrogen and oxygen atoms in total. The van der Waals surface area contributed by atoms with Gasteiger partial charge in [-0.15, -0.1) is 11.3 Å². The Labute approximate surface area is 159 Å². The molecule has 0 aliphatic carbocycles. The number of thiophene rings is 1. The minimum Gasteiger partial charge on any atom is -0.349 e. The molecule has 2 amide bonds. The van der Waals surface area contributed by atoms with Crippen LogP contribution in [0.1, 0.15) is 52.2 Å². The number of rotatable bonds is 4. The number of aryl methyl sites for hydroxylation is 2. The van der Waals surface area contributed by atoms with Crippen molar-refractivity contribution in [3.63, 3.8) is 0 Å². The quantitative estimate of drug-likeness (QED) is 0.881. The number of carbonyl (C=O) groups excluding carboxylic acids is 2. The largest absolute Gasteiger partial charge is 0.349 e. The van der Waals surface area contributed by atoms with Gasteiger partial charge in [-0.1, -0.05) is 29.8 Å². The summed E-state index contributed by atoms with van der Waals surface area (Å²) in [4.78, 5) is 27.9. The first-order valence-corrected chi connectivity index (χ1v) is 10.0. The number of nitrogens with one attached hydrogen (secondary N) is 1. The number of benzene rings is 1. The topological polar surface area (TPSA) is 49.4 Å². The molecule has 138 valence electrons. The van der Waals surface area contributed by atoms with E-state index < -0.39 is 0 Å². The third-order valence-electron chi connectivity index (χ3n) is 5.07. The highest BCUT2D eigenvalue weighted by molar-refractivity contribution is 7.12. The number of piperidine rings is 1. The highest BCUT2D eigenvalue weighted by Gasteiger charge is 2.30. The van der Waals surface area contributed by atoms with Crippen molar-refractivity contribution in [2.24, 2.45) is 5.92 Å². The van der Waals surface area contributed by atoms with Gasteiger partial charge in [0, 0.05) is 13.1 Å². The molecular formula is C21H26N2O2S. The van der Waals surface area contributed by atoms with Gasteiger partial charge in [0.15, 0.2) is 0 Å². The zero-order valence-corrected chi connectivity index (χ0v) is 16.4. The molecule has 26 heavy (non-hydrogen) atoms. The van der Waals surface area contributed by atoms with Crippen molar-refractivity contribution < 1.29 is 9.59 Å². The van der Waals surface area contributed by atoms with Crippen LogP contribution in [-0.2, 0) is 4.79 Å². The van der Waals surface area contributed by atoms with Gasteiger partial charge in [0.2, 0.25) is 5.91 Å². The fourth-order valence-corrected chi connectivity index (χ4v) is 4.26. The molecule has 0 spiro atoms. The van der Waals surface area contributed by atoms with Gasteiger partial charge in [-0.2, -0.15) is 0 Å². The monoisotopic (exact) mass is 370 g/mol. The van der Waals surface area contributed by atoms with Gasteiger partial charge in [-0.3, -0.25) is 9.59 Å². The van der Waals surface area contributed by atoms with Gasteiger partial charge >= 0.3 is 0 Å². The van der Waals surface area contributed by atoms with E-state index in [4.69, 9.17) is 0 Å². The van der Waals surface area contributed by atoms with E-state index >= 15 is 0 Å². The number of likely N-dealkylation sites (tertiary alicyclic amines) is 1. The SMILES string of the molecule is Cc1ccc(C)c(C(C)NC(=O)C2CCCN(C(=O)c3cccs3)C2)c1. The van der Waals surface area contributed by atoms with Crippen LogP contribution in [0.25, 0.3) is 0 Å². The maximum absolute atomic E-state index is 12.8. The number of hydrogen-bond donors (Lipinski definition) is 1. The van der Waals surface area contributed by atoms with Crippen LogP contribution in [0.2, 0.25) is 0 Å². The van der Waals surface area contributed by atoms with Gasteiger partial charge in [0.1, 0.15) is 0 Å². The molecule has 1 aromatic carbocycles. The molecule has 2 atom stereocenters. The maximum atomic E-state index is 12.8. The summed E-state index contributed by atoms with van der Waals surface area (Å²) in [6, 6.07) is 10.0. The summed E-state index contributed by atoms with van der Waals surface area (Å²) in [7, 11) is 0. The average Bonchev–Trinajstić information content (AvgIpc) is 3.17. The standard InChI is InChI=1S/C21H26N2O2S/c1-14-8-9-15(2)18(12-14)16(3)22-20(24)17-6-4-10-23(13-17)21(25)19-7-5-11-26-19/h5,7-9,11-12,16-17H,4,6,10,13H2,1-3H3,(H,22,24). The van der Waals surface area contributed by atoms with Crippen molar-refractivity contribution >= 4 is 23.2 Å². The minimum absolute atomic E-state index is 0.0363. The van der Waals surface area contributed by atoms with Crippen LogP contribution in [0.3, 0.4) is 0 Å². The van der Waals surface area contributed by atoms with E-state index in [0.29, 0.717) is 6.54 Å². The molecular weight excluding hydrogens is 344 g/mol. The molecule has 2 unspecified atom stereocenters. The Balaban J connectivity index is 1.64. The lowest BCUT2D eigenvalue weighted by Crippen LogP contribution is -2.45. The fraction of sp³-hybridized carbons (Fsp3) is 0.429. The van der Waals surface area contributed by atoms with E-state index in [2.05, 4.69) is 37.4 Å². The lowest BCUT2D eigenvalue weighted by Gasteiger charge is -2.32. The molecule has 1 fully saturated rings. The second-order valence-electron chi connectivity index (χ2n) is 7.16. The zero-order chi connectivity index (χ0) is 18.7. The van der Waals surface area contributed by atoms with E-state index in [9.17, 15) is 9.59 Å². The molecule has 1 saturated heterocycles. The molecule has 1 aliphatic rings. The summed E-state index contributed by atoms with van der Waals surface area (Å²) in [5.41, 5.74) is 3.53. The average molecular weight is 371 g/mol. The summed E-state index contributed by atoms with van der Waals surface area (Å²) in [6.07, 6.45) is 1.70. The molecule has 5 heteroatoms. The Kier molecular flexibility index (Phi) is 5.77. The minimum atomic E-state index is -0.139. The first-order valence-electron chi connectivity index (χ1n) is 9.16. The third kappa shape index (κ3) is 4.15. The summed E-state index contributed by atoms with van der Waals surface area (Å²) in [5.74, 6) is -0.0533. The van der Waals surface area contributed by atoms with E-state index in [0.717, 1.165) is 29.8 Å². The molecule has 0 bridgehead atoms. The van der Waals surface area contributed by atoms with E-state index in [1.165, 1.54) is 22.5 Å². The van der Waals surface area contributed by atoms with Gasteiger partial charge in [0.25, 0.3) is 5.91 Å². The van der Waals surface area contributed by atoms with Crippen molar-refractivity contribution in [2.75, 3.05) is 13.1 Å². The van der Waals surface area contributed by atoms with Crippen LogP contribution in [0.5, 0.6) is 0 Å². The van der Waals surface area contributed by atoms with Crippen molar-refractivity contribution in [1.82, 2.24) is 10.2 Å². The highest BCUT2D eigenvalue weighted by atomic mass is 32.1. The smallest absolute Gasteiger partial charge is 0.263 e. The Morgan fingerprint density at radius 2 is 2.08 bits per heavy atom. The molecule has 0 saturated carbocycles. The van der Waals surface area contributed by atoms with Gasteiger partial charge in [-0.25, -0.2) is 0 Å². The van der Waals surface area contributed by atoms with Gasteiger partial charge in [-0.05, 0) is 56.2 Å². The lowest BCUT2D eigenvalue weighted by molar-refractivity contribution is -0.127. The second kappa shape index (κ2) is 8.04. The Bertz CT molecular complexity index is 785. The number of carbonyl (C=O) groups is 2. The van der Waals surface area contributed by atoms with Crippen LogP contribution >= 0.6 is 11.3 Å².